The van der Waals surface area contributed by atoms with Crippen LogP contribution in [-0.2, 0) is 6.54 Å². The summed E-state index contributed by atoms with van der Waals surface area (Å²) in [6, 6.07) is 10.4. The van der Waals surface area contributed by atoms with E-state index in [1.807, 2.05) is 12.1 Å². The zero-order valence-corrected chi connectivity index (χ0v) is 11.3. The predicted molar refractivity (Wildman–Crippen MR) is 76.9 cm³/mol. The van der Waals surface area contributed by atoms with E-state index in [-0.39, 0.29) is 0 Å². The molecule has 4 rings (SSSR count). The highest BCUT2D eigenvalue weighted by atomic mass is 16.3. The van der Waals surface area contributed by atoms with Gasteiger partial charge >= 0.3 is 0 Å². The van der Waals surface area contributed by atoms with Crippen LogP contribution in [0.4, 0.5) is 0 Å². The predicted octanol–water partition coefficient (Wildman–Crippen LogP) is 3.96. The molecule has 2 aliphatic rings. The molecular formula is C17H21NO. The third-order valence-corrected chi connectivity index (χ3v) is 4.61. The van der Waals surface area contributed by atoms with E-state index in [9.17, 15) is 0 Å². The fraction of sp³-hybridized carbons (Fsp3) is 0.529. The Bertz CT molecular complexity index is 520. The van der Waals surface area contributed by atoms with Crippen LogP contribution >= 0.6 is 0 Å². The molecule has 1 N–H and O–H groups in total. The minimum absolute atomic E-state index is 0.866. The van der Waals surface area contributed by atoms with Crippen molar-refractivity contribution in [2.24, 2.45) is 17.8 Å². The lowest BCUT2D eigenvalue weighted by molar-refractivity contribution is 0.370. The van der Waals surface area contributed by atoms with Gasteiger partial charge in [-0.2, -0.15) is 0 Å². The molecule has 100 valence electrons. The second-order valence-electron chi connectivity index (χ2n) is 6.22. The topological polar surface area (TPSA) is 25.2 Å². The third-order valence-electron chi connectivity index (χ3n) is 4.61. The molecule has 0 atom stereocenters. The molecule has 0 aliphatic heterocycles. The van der Waals surface area contributed by atoms with E-state index in [0.717, 1.165) is 35.6 Å². The number of nitrogens with one attached hydrogen (secondary N) is 1. The fourth-order valence-electron chi connectivity index (χ4n) is 3.25. The van der Waals surface area contributed by atoms with Crippen LogP contribution in [0.2, 0.25) is 0 Å². The van der Waals surface area contributed by atoms with Gasteiger partial charge in [-0.3, -0.25) is 0 Å². The molecule has 0 saturated heterocycles. The van der Waals surface area contributed by atoms with Gasteiger partial charge in [0.1, 0.15) is 11.3 Å². The van der Waals surface area contributed by atoms with Gasteiger partial charge in [-0.1, -0.05) is 18.2 Å². The van der Waals surface area contributed by atoms with Crippen molar-refractivity contribution >= 4 is 11.0 Å². The molecule has 0 amide bonds. The van der Waals surface area contributed by atoms with Gasteiger partial charge in [0.15, 0.2) is 0 Å². The van der Waals surface area contributed by atoms with E-state index >= 15 is 0 Å². The van der Waals surface area contributed by atoms with Crippen molar-refractivity contribution < 1.29 is 4.42 Å². The molecular weight excluding hydrogens is 234 g/mol. The monoisotopic (exact) mass is 255 g/mol. The molecule has 2 aromatic rings. The van der Waals surface area contributed by atoms with Crippen molar-refractivity contribution in [2.75, 3.05) is 6.54 Å². The molecule has 1 aromatic heterocycles. The Morgan fingerprint density at radius 3 is 2.53 bits per heavy atom. The second kappa shape index (κ2) is 4.68. The Morgan fingerprint density at radius 2 is 1.84 bits per heavy atom. The van der Waals surface area contributed by atoms with E-state index in [1.165, 1.54) is 37.6 Å². The summed E-state index contributed by atoms with van der Waals surface area (Å²) in [6.45, 7) is 2.04. The average Bonchev–Trinajstić information content (AvgIpc) is 3.32. The first-order chi connectivity index (χ1) is 9.40. The van der Waals surface area contributed by atoms with Crippen molar-refractivity contribution in [3.05, 3.63) is 36.1 Å². The molecule has 2 saturated carbocycles. The molecule has 0 unspecified atom stereocenters. The summed E-state index contributed by atoms with van der Waals surface area (Å²) in [5.41, 5.74) is 1.00. The molecule has 0 spiro atoms. The zero-order chi connectivity index (χ0) is 12.7. The maximum atomic E-state index is 5.84. The molecule has 2 fully saturated rings. The molecule has 1 heterocycles. The Morgan fingerprint density at radius 1 is 1.11 bits per heavy atom. The van der Waals surface area contributed by atoms with Crippen LogP contribution in [0.1, 0.15) is 31.4 Å². The Balaban J connectivity index is 1.36. The number of hydrogen-bond acceptors (Lipinski definition) is 2. The van der Waals surface area contributed by atoms with Gasteiger partial charge in [-0.05, 0) is 62.1 Å². The van der Waals surface area contributed by atoms with Crippen LogP contribution in [0.5, 0.6) is 0 Å². The van der Waals surface area contributed by atoms with Crippen LogP contribution in [0, 0.1) is 17.8 Å². The van der Waals surface area contributed by atoms with E-state index in [0.29, 0.717) is 0 Å². The zero-order valence-electron chi connectivity index (χ0n) is 11.3. The van der Waals surface area contributed by atoms with Crippen LogP contribution < -0.4 is 5.32 Å². The summed E-state index contributed by atoms with van der Waals surface area (Å²) in [6.07, 6.45) is 5.86. The summed E-state index contributed by atoms with van der Waals surface area (Å²) < 4.78 is 5.84. The highest BCUT2D eigenvalue weighted by Crippen LogP contribution is 2.48. The Hall–Kier alpha value is -1.28. The quantitative estimate of drug-likeness (QED) is 0.845. The lowest BCUT2D eigenvalue weighted by Gasteiger charge is -2.15. The number of benzene rings is 1. The van der Waals surface area contributed by atoms with Gasteiger partial charge in [0, 0.05) is 5.39 Å². The van der Waals surface area contributed by atoms with Crippen molar-refractivity contribution in [3.63, 3.8) is 0 Å². The maximum Gasteiger partial charge on any atom is 0.134 e. The third kappa shape index (κ3) is 2.55. The first-order valence-electron chi connectivity index (χ1n) is 7.58. The minimum Gasteiger partial charge on any atom is -0.460 e. The molecule has 2 nitrogen and oxygen atoms in total. The van der Waals surface area contributed by atoms with Crippen molar-refractivity contribution in [1.29, 1.82) is 0 Å². The average molecular weight is 255 g/mol. The van der Waals surface area contributed by atoms with E-state index in [4.69, 9.17) is 4.42 Å². The summed E-state index contributed by atoms with van der Waals surface area (Å²) in [7, 11) is 0. The standard InChI is InChI=1S/C17H21NO/c1-2-4-17-14(3-1)9-15(19-17)10-18-11-16(12-5-6-12)13-7-8-13/h1-4,9,12-13,16,18H,5-8,10-11H2. The SMILES string of the molecule is c1ccc2oc(CNCC(C3CC3)C3CC3)cc2c1. The van der Waals surface area contributed by atoms with Crippen LogP contribution in [0.3, 0.4) is 0 Å². The Labute approximate surface area is 114 Å². The van der Waals surface area contributed by atoms with Gasteiger partial charge in [-0.25, -0.2) is 0 Å². The van der Waals surface area contributed by atoms with Crippen LogP contribution in [0.25, 0.3) is 11.0 Å². The summed E-state index contributed by atoms with van der Waals surface area (Å²) in [5, 5.41) is 4.82. The van der Waals surface area contributed by atoms with Crippen molar-refractivity contribution in [2.45, 2.75) is 32.2 Å². The van der Waals surface area contributed by atoms with Gasteiger partial charge in [0.05, 0.1) is 6.54 Å². The second-order valence-corrected chi connectivity index (χ2v) is 6.22. The molecule has 0 bridgehead atoms. The van der Waals surface area contributed by atoms with Gasteiger partial charge in [0.25, 0.3) is 0 Å². The van der Waals surface area contributed by atoms with Crippen LogP contribution in [-0.4, -0.2) is 6.54 Å². The normalized spacial score (nSPS) is 19.4. The largest absolute Gasteiger partial charge is 0.460 e. The first kappa shape index (κ1) is 11.5. The van der Waals surface area contributed by atoms with Crippen LogP contribution in [0.15, 0.2) is 34.7 Å². The van der Waals surface area contributed by atoms with Gasteiger partial charge < -0.3 is 9.73 Å². The molecule has 1 aromatic carbocycles. The van der Waals surface area contributed by atoms with Gasteiger partial charge in [-0.15, -0.1) is 0 Å². The lowest BCUT2D eigenvalue weighted by Crippen LogP contribution is -2.25. The Kier molecular flexibility index (Phi) is 2.84. The molecule has 2 aliphatic carbocycles. The maximum absolute atomic E-state index is 5.84. The number of para-hydroxylation sites is 1. The molecule has 0 radical (unpaired) electrons. The molecule has 19 heavy (non-hydrogen) atoms. The molecule has 2 heteroatoms. The van der Waals surface area contributed by atoms with E-state index in [1.54, 1.807) is 0 Å². The van der Waals surface area contributed by atoms with Gasteiger partial charge in [0.2, 0.25) is 0 Å². The number of furan rings is 1. The van der Waals surface area contributed by atoms with E-state index < -0.39 is 0 Å². The highest BCUT2D eigenvalue weighted by molar-refractivity contribution is 5.77. The fourth-order valence-corrected chi connectivity index (χ4v) is 3.25. The number of fused-ring (bicyclic) bond motifs is 1. The smallest absolute Gasteiger partial charge is 0.134 e. The van der Waals surface area contributed by atoms with Crippen molar-refractivity contribution in [3.8, 4) is 0 Å². The van der Waals surface area contributed by atoms with E-state index in [2.05, 4.69) is 23.5 Å². The summed E-state index contributed by atoms with van der Waals surface area (Å²) in [5.74, 6) is 4.04. The highest BCUT2D eigenvalue weighted by Gasteiger charge is 2.40. The summed E-state index contributed by atoms with van der Waals surface area (Å²) >= 11 is 0. The minimum atomic E-state index is 0.866. The van der Waals surface area contributed by atoms with Crippen molar-refractivity contribution in [1.82, 2.24) is 5.32 Å². The first-order valence-corrected chi connectivity index (χ1v) is 7.58. The number of hydrogen-bond donors (Lipinski definition) is 1. The summed E-state index contributed by atoms with van der Waals surface area (Å²) in [4.78, 5) is 0. The lowest BCUT2D eigenvalue weighted by atomic mass is 9.98. The number of rotatable bonds is 6.